The van der Waals surface area contributed by atoms with Gasteiger partial charge in [0.05, 0.1) is 0 Å². The highest BCUT2D eigenvalue weighted by molar-refractivity contribution is 7.12. The lowest BCUT2D eigenvalue weighted by Gasteiger charge is -1.96. The Kier molecular flexibility index (Phi) is 1.47. The Hall–Kier alpha value is -1.16. The van der Waals surface area contributed by atoms with E-state index >= 15 is 0 Å². The van der Waals surface area contributed by atoms with Crippen LogP contribution in [0.3, 0.4) is 0 Å². The van der Waals surface area contributed by atoms with E-state index in [1.807, 2.05) is 23.1 Å². The van der Waals surface area contributed by atoms with Crippen molar-refractivity contribution in [2.24, 2.45) is 0 Å². The molecule has 0 aromatic carbocycles. The Bertz CT molecular complexity index is 336. The number of nitrogens with zero attached hydrogens (tertiary/aromatic N) is 3. The SMILES string of the molecule is Cc1nccn1-c1nccs1. The zero-order valence-corrected chi connectivity index (χ0v) is 6.88. The molecule has 0 amide bonds. The summed E-state index contributed by atoms with van der Waals surface area (Å²) in [6.07, 6.45) is 5.48. The normalized spacial score (nSPS) is 10.3. The summed E-state index contributed by atoms with van der Waals surface area (Å²) in [5.41, 5.74) is 0. The molecule has 2 aromatic heterocycles. The standard InChI is InChI=1S/C7H7N3S/c1-6-8-2-4-10(6)7-9-3-5-11-7/h2-5H,1H3. The molecule has 0 bridgehead atoms. The van der Waals surface area contributed by atoms with Crippen LogP contribution in [0.2, 0.25) is 0 Å². The van der Waals surface area contributed by atoms with Gasteiger partial charge in [-0.2, -0.15) is 0 Å². The molecule has 0 fully saturated rings. The minimum Gasteiger partial charge on any atom is -0.279 e. The van der Waals surface area contributed by atoms with Gasteiger partial charge in [0, 0.05) is 24.0 Å². The molecule has 4 heteroatoms. The van der Waals surface area contributed by atoms with E-state index in [0.29, 0.717) is 0 Å². The fraction of sp³-hybridized carbons (Fsp3) is 0.143. The molecule has 0 atom stereocenters. The van der Waals surface area contributed by atoms with Crippen LogP contribution in [0.4, 0.5) is 0 Å². The van der Waals surface area contributed by atoms with Gasteiger partial charge in [-0.05, 0) is 6.92 Å². The third kappa shape index (κ3) is 1.05. The van der Waals surface area contributed by atoms with Crippen molar-refractivity contribution < 1.29 is 0 Å². The second kappa shape index (κ2) is 2.47. The van der Waals surface area contributed by atoms with Crippen molar-refractivity contribution in [1.29, 1.82) is 0 Å². The summed E-state index contributed by atoms with van der Waals surface area (Å²) in [6.45, 7) is 1.96. The van der Waals surface area contributed by atoms with E-state index in [1.54, 1.807) is 23.7 Å². The summed E-state index contributed by atoms with van der Waals surface area (Å²) in [7, 11) is 0. The lowest BCUT2D eigenvalue weighted by atomic mass is 10.7. The quantitative estimate of drug-likeness (QED) is 0.643. The van der Waals surface area contributed by atoms with E-state index in [-0.39, 0.29) is 0 Å². The monoisotopic (exact) mass is 165 g/mol. The zero-order chi connectivity index (χ0) is 7.68. The number of hydrogen-bond acceptors (Lipinski definition) is 3. The number of rotatable bonds is 1. The van der Waals surface area contributed by atoms with Gasteiger partial charge in [-0.15, -0.1) is 11.3 Å². The Labute approximate surface area is 68.4 Å². The number of aryl methyl sites for hydroxylation is 1. The number of hydrogen-bond donors (Lipinski definition) is 0. The maximum atomic E-state index is 4.16. The van der Waals surface area contributed by atoms with Crippen LogP contribution in [0, 0.1) is 6.92 Å². The van der Waals surface area contributed by atoms with Gasteiger partial charge in [-0.1, -0.05) is 0 Å². The third-order valence-electron chi connectivity index (χ3n) is 1.45. The van der Waals surface area contributed by atoms with Crippen LogP contribution in [0.1, 0.15) is 5.82 Å². The first-order valence-corrected chi connectivity index (χ1v) is 4.16. The van der Waals surface area contributed by atoms with Gasteiger partial charge in [0.1, 0.15) is 5.82 Å². The molecule has 0 radical (unpaired) electrons. The number of imidazole rings is 1. The molecule has 56 valence electrons. The highest BCUT2D eigenvalue weighted by Crippen LogP contribution is 2.11. The summed E-state index contributed by atoms with van der Waals surface area (Å²) in [4.78, 5) is 8.26. The molecule has 0 saturated carbocycles. The first-order chi connectivity index (χ1) is 5.38. The molecule has 2 heterocycles. The van der Waals surface area contributed by atoms with Crippen LogP contribution in [-0.4, -0.2) is 14.5 Å². The number of aromatic nitrogens is 3. The Morgan fingerprint density at radius 1 is 1.36 bits per heavy atom. The molecule has 2 aromatic rings. The molecule has 0 aliphatic heterocycles. The van der Waals surface area contributed by atoms with Crippen molar-refractivity contribution in [1.82, 2.24) is 14.5 Å². The van der Waals surface area contributed by atoms with Crippen LogP contribution in [0.15, 0.2) is 24.0 Å². The van der Waals surface area contributed by atoms with Gasteiger partial charge in [-0.3, -0.25) is 4.57 Å². The van der Waals surface area contributed by atoms with Crippen LogP contribution in [-0.2, 0) is 0 Å². The predicted octanol–water partition coefficient (Wildman–Crippen LogP) is 1.64. The van der Waals surface area contributed by atoms with Gasteiger partial charge < -0.3 is 0 Å². The van der Waals surface area contributed by atoms with Gasteiger partial charge in [-0.25, -0.2) is 9.97 Å². The Morgan fingerprint density at radius 2 is 2.27 bits per heavy atom. The summed E-state index contributed by atoms with van der Waals surface area (Å²) >= 11 is 1.61. The zero-order valence-electron chi connectivity index (χ0n) is 6.06. The highest BCUT2D eigenvalue weighted by Gasteiger charge is 2.00. The average molecular weight is 165 g/mol. The lowest BCUT2D eigenvalue weighted by molar-refractivity contribution is 0.960. The summed E-state index contributed by atoms with van der Waals surface area (Å²) in [5.74, 6) is 0.972. The van der Waals surface area contributed by atoms with Gasteiger partial charge >= 0.3 is 0 Å². The van der Waals surface area contributed by atoms with Crippen LogP contribution >= 0.6 is 11.3 Å². The Balaban J connectivity index is 2.53. The summed E-state index contributed by atoms with van der Waals surface area (Å²) in [5, 5.41) is 2.93. The molecule has 0 unspecified atom stereocenters. The third-order valence-corrected chi connectivity index (χ3v) is 2.22. The molecule has 0 saturated heterocycles. The molecule has 0 N–H and O–H groups in total. The molecule has 2 rings (SSSR count). The van der Waals surface area contributed by atoms with Crippen molar-refractivity contribution in [3.63, 3.8) is 0 Å². The van der Waals surface area contributed by atoms with Crippen LogP contribution in [0.5, 0.6) is 0 Å². The van der Waals surface area contributed by atoms with Crippen molar-refractivity contribution in [3.05, 3.63) is 29.8 Å². The molecular formula is C7H7N3S. The summed E-state index contributed by atoms with van der Waals surface area (Å²) in [6, 6.07) is 0. The molecule has 0 aliphatic rings. The largest absolute Gasteiger partial charge is 0.279 e. The molecular weight excluding hydrogens is 158 g/mol. The topological polar surface area (TPSA) is 30.7 Å². The van der Waals surface area contributed by atoms with Crippen molar-refractivity contribution in [3.8, 4) is 5.13 Å². The van der Waals surface area contributed by atoms with Crippen molar-refractivity contribution >= 4 is 11.3 Å². The second-order valence-corrected chi connectivity index (χ2v) is 3.03. The maximum Gasteiger partial charge on any atom is 0.194 e. The second-order valence-electron chi connectivity index (χ2n) is 2.16. The average Bonchev–Trinajstić information content (AvgIpc) is 2.55. The van der Waals surface area contributed by atoms with E-state index in [9.17, 15) is 0 Å². The van der Waals surface area contributed by atoms with Crippen LogP contribution in [0.25, 0.3) is 5.13 Å². The maximum absolute atomic E-state index is 4.16. The fourth-order valence-electron chi connectivity index (χ4n) is 0.915. The van der Waals surface area contributed by atoms with Crippen molar-refractivity contribution in [2.45, 2.75) is 6.92 Å². The first-order valence-electron chi connectivity index (χ1n) is 3.28. The van der Waals surface area contributed by atoms with Gasteiger partial charge in [0.15, 0.2) is 5.13 Å². The Morgan fingerprint density at radius 3 is 2.82 bits per heavy atom. The lowest BCUT2D eigenvalue weighted by Crippen LogP contribution is -1.93. The smallest absolute Gasteiger partial charge is 0.194 e. The van der Waals surface area contributed by atoms with E-state index < -0.39 is 0 Å². The highest BCUT2D eigenvalue weighted by atomic mass is 32.1. The van der Waals surface area contributed by atoms with E-state index in [1.165, 1.54) is 0 Å². The van der Waals surface area contributed by atoms with E-state index in [2.05, 4.69) is 9.97 Å². The molecule has 0 spiro atoms. The molecule has 11 heavy (non-hydrogen) atoms. The van der Waals surface area contributed by atoms with E-state index in [0.717, 1.165) is 11.0 Å². The van der Waals surface area contributed by atoms with E-state index in [4.69, 9.17) is 0 Å². The number of thiazole rings is 1. The van der Waals surface area contributed by atoms with Crippen molar-refractivity contribution in [2.75, 3.05) is 0 Å². The fourth-order valence-corrected chi connectivity index (χ4v) is 1.59. The first kappa shape index (κ1) is 6.54. The predicted molar refractivity (Wildman–Crippen MR) is 44.0 cm³/mol. The van der Waals surface area contributed by atoms with Gasteiger partial charge in [0.2, 0.25) is 0 Å². The minimum absolute atomic E-state index is 0.972. The summed E-state index contributed by atoms with van der Waals surface area (Å²) < 4.78 is 1.96. The molecule has 3 nitrogen and oxygen atoms in total. The van der Waals surface area contributed by atoms with Gasteiger partial charge in [0.25, 0.3) is 0 Å². The van der Waals surface area contributed by atoms with Crippen LogP contribution < -0.4 is 0 Å². The molecule has 0 aliphatic carbocycles. The minimum atomic E-state index is 0.972.